The van der Waals surface area contributed by atoms with Gasteiger partial charge in [0.2, 0.25) is 18.2 Å². The first-order valence-electron chi connectivity index (χ1n) is 11.0. The topological polar surface area (TPSA) is 88.3 Å². The Labute approximate surface area is 186 Å². The molecule has 0 bridgehead atoms. The molecular weight excluding hydrogens is 444 g/mol. The number of fused-ring (bicyclic) bond motifs is 1. The maximum atomic E-state index is 13.2. The van der Waals surface area contributed by atoms with E-state index in [9.17, 15) is 27.2 Å². The van der Waals surface area contributed by atoms with Crippen LogP contribution in [0.4, 0.5) is 17.6 Å². The number of benzene rings is 1. The summed E-state index contributed by atoms with van der Waals surface area (Å²) < 4.78 is 56.2. The van der Waals surface area contributed by atoms with E-state index in [4.69, 9.17) is 4.42 Å². The summed E-state index contributed by atoms with van der Waals surface area (Å²) in [4.78, 5) is 27.4. The third-order valence-corrected chi connectivity index (χ3v) is 6.77. The Morgan fingerprint density at radius 3 is 2.64 bits per heavy atom. The molecule has 5 rings (SSSR count). The Kier molecular flexibility index (Phi) is 5.57. The highest BCUT2D eigenvalue weighted by atomic mass is 19.3. The van der Waals surface area contributed by atoms with E-state index in [1.54, 1.807) is 23.1 Å². The van der Waals surface area contributed by atoms with Crippen molar-refractivity contribution >= 4 is 11.8 Å². The molecule has 33 heavy (non-hydrogen) atoms. The zero-order valence-corrected chi connectivity index (χ0v) is 17.5. The van der Waals surface area contributed by atoms with E-state index in [-0.39, 0.29) is 36.2 Å². The van der Waals surface area contributed by atoms with Crippen molar-refractivity contribution in [1.29, 1.82) is 0 Å². The van der Waals surface area contributed by atoms with Crippen molar-refractivity contribution in [3.05, 3.63) is 35.2 Å². The number of halogens is 4. The maximum absolute atomic E-state index is 13.2. The standard InChI is InChI=1S/C22H22F4N4O3/c23-17(24)13-8-14(13)19(31)27-15-3-1-2-4-16(15)30-9-11-6-5-10(7-12(11)22(30)32)20-28-29-21(33-20)18(25)26/h5-7,13-18H,1-4,8-9H2,(H,27,31)/t13?,14?,15-,16-/m1/s1. The molecule has 0 saturated heterocycles. The van der Waals surface area contributed by atoms with Crippen LogP contribution in [0, 0.1) is 11.8 Å². The Bertz CT molecular complexity index is 1080. The van der Waals surface area contributed by atoms with Crippen LogP contribution in [0.15, 0.2) is 22.6 Å². The zero-order valence-electron chi connectivity index (χ0n) is 17.5. The summed E-state index contributed by atoms with van der Waals surface area (Å²) in [5.74, 6) is -3.02. The molecule has 3 aliphatic rings. The van der Waals surface area contributed by atoms with Gasteiger partial charge in [0.1, 0.15) is 0 Å². The van der Waals surface area contributed by atoms with Crippen LogP contribution >= 0.6 is 0 Å². The molecule has 1 aromatic heterocycles. The van der Waals surface area contributed by atoms with Crippen LogP contribution in [0.3, 0.4) is 0 Å². The van der Waals surface area contributed by atoms with Crippen LogP contribution in [0.25, 0.3) is 11.5 Å². The molecule has 2 aliphatic carbocycles. The van der Waals surface area contributed by atoms with Gasteiger partial charge in [-0.25, -0.2) is 8.78 Å². The van der Waals surface area contributed by atoms with Gasteiger partial charge in [0.25, 0.3) is 11.8 Å². The molecule has 2 aromatic rings. The van der Waals surface area contributed by atoms with E-state index in [1.807, 2.05) is 0 Å². The van der Waals surface area contributed by atoms with E-state index in [1.165, 1.54) is 0 Å². The van der Waals surface area contributed by atoms with Crippen LogP contribution in [0.5, 0.6) is 0 Å². The molecule has 11 heteroatoms. The van der Waals surface area contributed by atoms with E-state index in [0.29, 0.717) is 30.5 Å². The lowest BCUT2D eigenvalue weighted by molar-refractivity contribution is -0.124. The lowest BCUT2D eigenvalue weighted by Crippen LogP contribution is -2.53. The van der Waals surface area contributed by atoms with Crippen LogP contribution in [0.2, 0.25) is 0 Å². The van der Waals surface area contributed by atoms with Gasteiger partial charge in [0, 0.05) is 35.5 Å². The Morgan fingerprint density at radius 2 is 1.94 bits per heavy atom. The molecule has 0 radical (unpaired) electrons. The predicted molar refractivity (Wildman–Crippen MR) is 106 cm³/mol. The number of hydrogen-bond donors (Lipinski definition) is 1. The molecule has 1 aliphatic heterocycles. The second-order valence-corrected chi connectivity index (χ2v) is 8.86. The number of nitrogens with one attached hydrogen (secondary N) is 1. The molecule has 2 heterocycles. The van der Waals surface area contributed by atoms with Gasteiger partial charge >= 0.3 is 6.43 Å². The number of carbonyl (C=O) groups is 2. The molecule has 0 spiro atoms. The Hall–Kier alpha value is -2.98. The van der Waals surface area contributed by atoms with Gasteiger partial charge in [0.05, 0.1) is 6.04 Å². The van der Waals surface area contributed by atoms with Crippen molar-refractivity contribution in [2.45, 2.75) is 63.6 Å². The van der Waals surface area contributed by atoms with Crippen molar-refractivity contribution < 1.29 is 31.6 Å². The molecule has 4 atom stereocenters. The smallest absolute Gasteiger partial charge is 0.314 e. The summed E-state index contributed by atoms with van der Waals surface area (Å²) in [6, 6.07) is 4.36. The molecule has 7 nitrogen and oxygen atoms in total. The van der Waals surface area contributed by atoms with Crippen LogP contribution in [-0.4, -0.2) is 45.4 Å². The van der Waals surface area contributed by atoms with Gasteiger partial charge in [-0.2, -0.15) is 8.78 Å². The second kappa shape index (κ2) is 8.42. The van der Waals surface area contributed by atoms with Crippen molar-refractivity contribution in [2.75, 3.05) is 0 Å². The third-order valence-electron chi connectivity index (χ3n) is 6.77. The van der Waals surface area contributed by atoms with Gasteiger partial charge in [-0.15, -0.1) is 10.2 Å². The summed E-state index contributed by atoms with van der Waals surface area (Å²) in [6.07, 6.45) is -2.04. The summed E-state index contributed by atoms with van der Waals surface area (Å²) in [6.45, 7) is 0.348. The number of amides is 2. The molecule has 2 saturated carbocycles. The zero-order chi connectivity index (χ0) is 23.3. The monoisotopic (exact) mass is 466 g/mol. The number of nitrogens with zero attached hydrogens (tertiary/aromatic N) is 3. The Balaban J connectivity index is 1.32. The normalized spacial score (nSPS) is 26.7. The molecule has 1 aromatic carbocycles. The minimum Gasteiger partial charge on any atom is -0.415 e. The van der Waals surface area contributed by atoms with E-state index < -0.39 is 30.6 Å². The van der Waals surface area contributed by atoms with E-state index >= 15 is 0 Å². The van der Waals surface area contributed by atoms with Crippen LogP contribution in [0.1, 0.15) is 60.3 Å². The summed E-state index contributed by atoms with van der Waals surface area (Å²) in [5.41, 5.74) is 1.55. The highest BCUT2D eigenvalue weighted by Gasteiger charge is 2.50. The van der Waals surface area contributed by atoms with Gasteiger partial charge in [-0.05, 0) is 37.0 Å². The fourth-order valence-electron chi connectivity index (χ4n) is 4.90. The number of hydrogen-bond acceptors (Lipinski definition) is 5. The molecule has 176 valence electrons. The minimum atomic E-state index is -2.89. The van der Waals surface area contributed by atoms with Crippen molar-refractivity contribution in [3.63, 3.8) is 0 Å². The highest BCUT2D eigenvalue weighted by molar-refractivity contribution is 5.99. The van der Waals surface area contributed by atoms with Crippen LogP contribution < -0.4 is 5.32 Å². The van der Waals surface area contributed by atoms with Crippen molar-refractivity contribution in [1.82, 2.24) is 20.4 Å². The quantitative estimate of drug-likeness (QED) is 0.652. The number of rotatable bonds is 6. The van der Waals surface area contributed by atoms with Gasteiger partial charge in [-0.1, -0.05) is 18.9 Å². The minimum absolute atomic E-state index is 0.0971. The average Bonchev–Trinajstić information content (AvgIpc) is 3.34. The maximum Gasteiger partial charge on any atom is 0.314 e. The van der Waals surface area contributed by atoms with Gasteiger partial charge < -0.3 is 14.6 Å². The first-order chi connectivity index (χ1) is 15.8. The largest absolute Gasteiger partial charge is 0.415 e. The molecule has 2 unspecified atom stereocenters. The van der Waals surface area contributed by atoms with E-state index in [0.717, 1.165) is 18.4 Å². The molecule has 1 N–H and O–H groups in total. The lowest BCUT2D eigenvalue weighted by Gasteiger charge is -2.38. The van der Waals surface area contributed by atoms with Gasteiger partial charge in [0.15, 0.2) is 0 Å². The van der Waals surface area contributed by atoms with Crippen LogP contribution in [-0.2, 0) is 11.3 Å². The van der Waals surface area contributed by atoms with Gasteiger partial charge in [-0.3, -0.25) is 9.59 Å². The summed E-state index contributed by atoms with van der Waals surface area (Å²) in [7, 11) is 0. The summed E-state index contributed by atoms with van der Waals surface area (Å²) in [5, 5.41) is 9.87. The lowest BCUT2D eigenvalue weighted by atomic mass is 9.89. The fourth-order valence-corrected chi connectivity index (χ4v) is 4.90. The molecule has 2 fully saturated rings. The van der Waals surface area contributed by atoms with Crippen molar-refractivity contribution in [3.8, 4) is 11.5 Å². The van der Waals surface area contributed by atoms with Crippen molar-refractivity contribution in [2.24, 2.45) is 11.8 Å². The van der Waals surface area contributed by atoms with E-state index in [2.05, 4.69) is 15.5 Å². The third kappa shape index (κ3) is 4.08. The SMILES string of the molecule is O=C(N[C@@H]1CCCC[C@H]1N1Cc2ccc(-c3nnc(C(F)F)o3)cc2C1=O)C1CC1C(F)F. The fraction of sp³-hybridized carbons (Fsp3) is 0.545. The Morgan fingerprint density at radius 1 is 1.15 bits per heavy atom. The molecular formula is C22H22F4N4O3. The predicted octanol–water partition coefficient (Wildman–Crippen LogP) is 3.96. The molecule has 2 amide bonds. The number of aromatic nitrogens is 2. The first kappa shape index (κ1) is 21.8. The summed E-state index contributed by atoms with van der Waals surface area (Å²) >= 11 is 0. The second-order valence-electron chi connectivity index (χ2n) is 8.86. The number of carbonyl (C=O) groups excluding carboxylic acids is 2. The first-order valence-corrected chi connectivity index (χ1v) is 11.0. The average molecular weight is 466 g/mol. The number of alkyl halides is 4. The highest BCUT2D eigenvalue weighted by Crippen LogP contribution is 2.43.